The molecule has 0 amide bonds. The molecule has 4 nitrogen and oxygen atoms in total. The molecular formula is C22H29ClN4. The second kappa shape index (κ2) is 10.3. The molecule has 5 heteroatoms. The van der Waals surface area contributed by atoms with Gasteiger partial charge in [0.05, 0.1) is 0 Å². The Morgan fingerprint density at radius 2 is 1.93 bits per heavy atom. The highest BCUT2D eigenvalue weighted by atomic mass is 35.5. The van der Waals surface area contributed by atoms with Crippen LogP contribution in [0.3, 0.4) is 0 Å². The zero-order valence-electron chi connectivity index (χ0n) is 16.0. The van der Waals surface area contributed by atoms with Crippen molar-refractivity contribution in [3.8, 4) is 0 Å². The highest BCUT2D eigenvalue weighted by molar-refractivity contribution is 6.30. The Bertz CT molecular complexity index is 732. The first-order valence-electron chi connectivity index (χ1n) is 9.68. The summed E-state index contributed by atoms with van der Waals surface area (Å²) in [6, 6.07) is 18.6. The van der Waals surface area contributed by atoms with E-state index in [2.05, 4.69) is 56.9 Å². The molecule has 0 bridgehead atoms. The Morgan fingerprint density at radius 1 is 1.11 bits per heavy atom. The lowest BCUT2D eigenvalue weighted by Gasteiger charge is -2.17. The van der Waals surface area contributed by atoms with Crippen molar-refractivity contribution in [3.05, 3.63) is 70.7 Å². The van der Waals surface area contributed by atoms with Crippen LogP contribution in [-0.4, -0.2) is 44.1 Å². The van der Waals surface area contributed by atoms with Crippen LogP contribution in [0.4, 0.5) is 0 Å². The summed E-state index contributed by atoms with van der Waals surface area (Å²) >= 11 is 6.04. The highest BCUT2D eigenvalue weighted by Crippen LogP contribution is 2.16. The van der Waals surface area contributed by atoms with E-state index in [9.17, 15) is 0 Å². The number of nitrogens with one attached hydrogen (secondary N) is 2. The lowest BCUT2D eigenvalue weighted by molar-refractivity contribution is 0.328. The maximum absolute atomic E-state index is 6.04. The number of rotatable bonds is 7. The van der Waals surface area contributed by atoms with Crippen LogP contribution < -0.4 is 10.6 Å². The number of nitrogens with zero attached hydrogens (tertiary/aromatic N) is 2. The van der Waals surface area contributed by atoms with Gasteiger partial charge >= 0.3 is 0 Å². The molecule has 0 aliphatic carbocycles. The Balaban J connectivity index is 1.36. The van der Waals surface area contributed by atoms with Crippen molar-refractivity contribution in [3.63, 3.8) is 0 Å². The lowest BCUT2D eigenvalue weighted by Crippen LogP contribution is -2.40. The third kappa shape index (κ3) is 6.56. The van der Waals surface area contributed by atoms with E-state index in [0.29, 0.717) is 12.5 Å². The Labute approximate surface area is 167 Å². The van der Waals surface area contributed by atoms with Gasteiger partial charge in [0, 0.05) is 38.2 Å². The van der Waals surface area contributed by atoms with E-state index < -0.39 is 0 Å². The average molecular weight is 385 g/mol. The van der Waals surface area contributed by atoms with Crippen LogP contribution in [0.5, 0.6) is 0 Å². The third-order valence-corrected chi connectivity index (χ3v) is 5.30. The fourth-order valence-electron chi connectivity index (χ4n) is 3.51. The molecule has 3 rings (SSSR count). The van der Waals surface area contributed by atoms with Gasteiger partial charge in [-0.3, -0.25) is 4.99 Å². The summed E-state index contributed by atoms with van der Waals surface area (Å²) < 4.78 is 0. The van der Waals surface area contributed by atoms with Gasteiger partial charge in [0.1, 0.15) is 0 Å². The molecule has 1 aliphatic heterocycles. The van der Waals surface area contributed by atoms with Gasteiger partial charge in [0.25, 0.3) is 0 Å². The lowest BCUT2D eigenvalue weighted by atomic mass is 10.1. The molecule has 0 radical (unpaired) electrons. The summed E-state index contributed by atoms with van der Waals surface area (Å²) in [5.41, 5.74) is 2.57. The molecule has 1 unspecified atom stereocenters. The molecule has 1 fully saturated rings. The molecular weight excluding hydrogens is 356 g/mol. The molecule has 2 aromatic rings. The Kier molecular flexibility index (Phi) is 7.55. The van der Waals surface area contributed by atoms with Gasteiger partial charge in [-0.05, 0) is 48.6 Å². The molecule has 0 spiro atoms. The predicted molar refractivity (Wildman–Crippen MR) is 114 cm³/mol. The maximum Gasteiger partial charge on any atom is 0.191 e. The van der Waals surface area contributed by atoms with Crippen molar-refractivity contribution in [2.24, 2.45) is 10.9 Å². The van der Waals surface area contributed by atoms with Crippen LogP contribution in [0.15, 0.2) is 59.6 Å². The molecule has 0 aromatic heterocycles. The summed E-state index contributed by atoms with van der Waals surface area (Å²) in [5, 5.41) is 7.59. The first-order chi connectivity index (χ1) is 13.2. The van der Waals surface area contributed by atoms with Crippen molar-refractivity contribution >= 4 is 17.6 Å². The van der Waals surface area contributed by atoms with Crippen LogP contribution >= 0.6 is 11.6 Å². The van der Waals surface area contributed by atoms with Gasteiger partial charge in [-0.2, -0.15) is 0 Å². The fraction of sp³-hybridized carbons (Fsp3) is 0.409. The number of benzene rings is 2. The van der Waals surface area contributed by atoms with E-state index in [4.69, 9.17) is 11.6 Å². The Morgan fingerprint density at radius 3 is 2.70 bits per heavy atom. The van der Waals surface area contributed by atoms with Crippen LogP contribution in [-0.2, 0) is 13.0 Å². The topological polar surface area (TPSA) is 39.7 Å². The zero-order valence-corrected chi connectivity index (χ0v) is 16.8. The van der Waals surface area contributed by atoms with Crippen molar-refractivity contribution in [2.45, 2.75) is 19.4 Å². The first kappa shape index (κ1) is 19.7. The van der Waals surface area contributed by atoms with Crippen LogP contribution in [0, 0.1) is 5.92 Å². The monoisotopic (exact) mass is 384 g/mol. The van der Waals surface area contributed by atoms with E-state index >= 15 is 0 Å². The molecule has 0 saturated carbocycles. The SMILES string of the molecule is CN=C(NCc1cccc(Cl)c1)NCC1CCN(CCc2ccccc2)C1. The van der Waals surface area contributed by atoms with Crippen LogP contribution in [0.25, 0.3) is 0 Å². The molecule has 2 aromatic carbocycles. The smallest absolute Gasteiger partial charge is 0.191 e. The first-order valence-corrected chi connectivity index (χ1v) is 10.1. The second-order valence-electron chi connectivity index (χ2n) is 7.13. The second-order valence-corrected chi connectivity index (χ2v) is 7.56. The minimum Gasteiger partial charge on any atom is -0.356 e. The fourth-order valence-corrected chi connectivity index (χ4v) is 3.72. The van der Waals surface area contributed by atoms with Crippen molar-refractivity contribution < 1.29 is 0 Å². The van der Waals surface area contributed by atoms with Gasteiger partial charge in [0.2, 0.25) is 0 Å². The summed E-state index contributed by atoms with van der Waals surface area (Å²) in [4.78, 5) is 6.90. The summed E-state index contributed by atoms with van der Waals surface area (Å²) in [7, 11) is 1.81. The summed E-state index contributed by atoms with van der Waals surface area (Å²) in [5.74, 6) is 1.52. The Hall–Kier alpha value is -2.04. The predicted octanol–water partition coefficient (Wildman–Crippen LogP) is 3.57. The number of guanidine groups is 1. The number of hydrogen-bond acceptors (Lipinski definition) is 2. The number of halogens is 1. The van der Waals surface area contributed by atoms with E-state index in [-0.39, 0.29) is 0 Å². The van der Waals surface area contributed by atoms with Gasteiger partial charge in [-0.15, -0.1) is 0 Å². The maximum atomic E-state index is 6.04. The van der Waals surface area contributed by atoms with Gasteiger partial charge < -0.3 is 15.5 Å². The van der Waals surface area contributed by atoms with Crippen LogP contribution in [0.1, 0.15) is 17.5 Å². The van der Waals surface area contributed by atoms with Gasteiger partial charge in [-0.1, -0.05) is 54.1 Å². The van der Waals surface area contributed by atoms with Gasteiger partial charge in [-0.25, -0.2) is 0 Å². The molecule has 2 N–H and O–H groups in total. The number of hydrogen-bond donors (Lipinski definition) is 2. The summed E-state index contributed by atoms with van der Waals surface area (Å²) in [6.45, 7) is 5.16. The molecule has 144 valence electrons. The van der Waals surface area contributed by atoms with E-state index in [0.717, 1.165) is 42.6 Å². The third-order valence-electron chi connectivity index (χ3n) is 5.06. The van der Waals surface area contributed by atoms with Crippen molar-refractivity contribution in [2.75, 3.05) is 33.2 Å². The van der Waals surface area contributed by atoms with E-state index in [1.807, 2.05) is 25.2 Å². The summed E-state index contributed by atoms with van der Waals surface area (Å²) in [6.07, 6.45) is 2.37. The largest absolute Gasteiger partial charge is 0.356 e. The minimum atomic E-state index is 0.672. The average Bonchev–Trinajstić information content (AvgIpc) is 3.15. The number of likely N-dealkylation sites (tertiary alicyclic amines) is 1. The zero-order chi connectivity index (χ0) is 18.9. The molecule has 1 aliphatic rings. The normalized spacial score (nSPS) is 17.9. The molecule has 27 heavy (non-hydrogen) atoms. The van der Waals surface area contributed by atoms with Crippen LogP contribution in [0.2, 0.25) is 5.02 Å². The number of aliphatic imine (C=N–C) groups is 1. The van der Waals surface area contributed by atoms with Gasteiger partial charge in [0.15, 0.2) is 5.96 Å². The molecule has 1 saturated heterocycles. The highest BCUT2D eigenvalue weighted by Gasteiger charge is 2.22. The quantitative estimate of drug-likeness (QED) is 0.566. The molecule has 1 atom stereocenters. The molecule has 1 heterocycles. The minimum absolute atomic E-state index is 0.672. The standard InChI is InChI=1S/C22H29ClN4/c1-24-22(25-15-19-8-5-9-21(23)14-19)26-16-20-11-13-27(17-20)12-10-18-6-3-2-4-7-18/h2-9,14,20H,10-13,15-17H2,1H3,(H2,24,25,26). The van der Waals surface area contributed by atoms with E-state index in [1.165, 1.54) is 18.5 Å². The van der Waals surface area contributed by atoms with Crippen molar-refractivity contribution in [1.82, 2.24) is 15.5 Å². The van der Waals surface area contributed by atoms with Crippen molar-refractivity contribution in [1.29, 1.82) is 0 Å². The van der Waals surface area contributed by atoms with E-state index in [1.54, 1.807) is 0 Å².